The van der Waals surface area contributed by atoms with Gasteiger partial charge in [-0.25, -0.2) is 0 Å². The molecule has 88 valence electrons. The van der Waals surface area contributed by atoms with Crippen LogP contribution in [0.5, 0.6) is 0 Å². The molecule has 0 aromatic heterocycles. The molecular formula is C13H16Br2O. The Hall–Kier alpha value is -0.150. The number of carbonyl (C=O) groups excluding carboxylic acids is 1. The van der Waals surface area contributed by atoms with Crippen LogP contribution in [0.4, 0.5) is 0 Å². The van der Waals surface area contributed by atoms with Crippen molar-refractivity contribution in [2.24, 2.45) is 0 Å². The standard InChI is InChI=1S/C13H16Br2O/c1-7-5-8(2)10(4)12(9(7)3)13(16)11(15)6-14/h5,11H,6H2,1-4H3. The predicted octanol–water partition coefficient (Wildman–Crippen LogP) is 4.26. The van der Waals surface area contributed by atoms with Crippen LogP contribution in [0.15, 0.2) is 6.07 Å². The van der Waals surface area contributed by atoms with Gasteiger partial charge >= 0.3 is 0 Å². The number of hydrogen-bond donors (Lipinski definition) is 0. The molecule has 0 saturated carbocycles. The molecule has 0 amide bonds. The van der Waals surface area contributed by atoms with Gasteiger partial charge < -0.3 is 0 Å². The first kappa shape index (κ1) is 13.9. The molecule has 1 rings (SSSR count). The molecule has 1 nitrogen and oxygen atoms in total. The highest BCUT2D eigenvalue weighted by Crippen LogP contribution is 2.25. The molecule has 0 aliphatic heterocycles. The fraction of sp³-hybridized carbons (Fsp3) is 0.462. The summed E-state index contributed by atoms with van der Waals surface area (Å²) >= 11 is 6.73. The van der Waals surface area contributed by atoms with Crippen molar-refractivity contribution < 1.29 is 4.79 Å². The second kappa shape index (κ2) is 5.46. The summed E-state index contributed by atoms with van der Waals surface area (Å²) in [6.07, 6.45) is 0. The number of benzene rings is 1. The van der Waals surface area contributed by atoms with E-state index >= 15 is 0 Å². The van der Waals surface area contributed by atoms with E-state index in [0.717, 1.165) is 16.7 Å². The zero-order chi connectivity index (χ0) is 12.5. The molecule has 1 atom stereocenters. The molecule has 0 radical (unpaired) electrons. The summed E-state index contributed by atoms with van der Waals surface area (Å²) in [5.41, 5.74) is 5.43. The van der Waals surface area contributed by atoms with Gasteiger partial charge in [-0.2, -0.15) is 0 Å². The lowest BCUT2D eigenvalue weighted by Gasteiger charge is -2.16. The molecule has 0 aliphatic carbocycles. The van der Waals surface area contributed by atoms with Crippen LogP contribution in [-0.2, 0) is 0 Å². The van der Waals surface area contributed by atoms with Crippen molar-refractivity contribution in [1.82, 2.24) is 0 Å². The largest absolute Gasteiger partial charge is 0.293 e. The smallest absolute Gasteiger partial charge is 0.177 e. The average molecular weight is 348 g/mol. The van der Waals surface area contributed by atoms with Gasteiger partial charge in [-0.3, -0.25) is 4.79 Å². The van der Waals surface area contributed by atoms with Gasteiger partial charge in [-0.05, 0) is 49.9 Å². The van der Waals surface area contributed by atoms with Crippen LogP contribution in [0.25, 0.3) is 0 Å². The quantitative estimate of drug-likeness (QED) is 0.589. The van der Waals surface area contributed by atoms with Crippen molar-refractivity contribution in [2.45, 2.75) is 32.5 Å². The van der Waals surface area contributed by atoms with Gasteiger partial charge in [0.05, 0.1) is 4.83 Å². The van der Waals surface area contributed by atoms with E-state index in [1.54, 1.807) is 0 Å². The molecule has 1 aromatic carbocycles. The second-order valence-corrected chi connectivity index (χ2v) is 5.87. The highest BCUT2D eigenvalue weighted by Gasteiger charge is 2.21. The van der Waals surface area contributed by atoms with Gasteiger partial charge in [0, 0.05) is 10.9 Å². The molecule has 0 spiro atoms. The zero-order valence-corrected chi connectivity index (χ0v) is 13.2. The minimum absolute atomic E-state index is 0.147. The highest BCUT2D eigenvalue weighted by molar-refractivity contribution is 9.12. The summed E-state index contributed by atoms with van der Waals surface area (Å²) in [5.74, 6) is 0.165. The van der Waals surface area contributed by atoms with Crippen LogP contribution in [0.2, 0.25) is 0 Å². The summed E-state index contributed by atoms with van der Waals surface area (Å²) in [4.78, 5) is 12.1. The van der Waals surface area contributed by atoms with E-state index in [0.29, 0.717) is 5.33 Å². The third-order valence-electron chi connectivity index (χ3n) is 3.03. The first-order chi connectivity index (χ1) is 7.40. The third-order valence-corrected chi connectivity index (χ3v) is 5.29. The maximum Gasteiger partial charge on any atom is 0.177 e. The summed E-state index contributed by atoms with van der Waals surface area (Å²) < 4.78 is 0. The summed E-state index contributed by atoms with van der Waals surface area (Å²) in [5, 5.41) is 0.637. The van der Waals surface area contributed by atoms with Gasteiger partial charge in [0.15, 0.2) is 5.78 Å². The van der Waals surface area contributed by atoms with Gasteiger partial charge in [0.2, 0.25) is 0 Å². The maximum atomic E-state index is 12.2. The van der Waals surface area contributed by atoms with Crippen LogP contribution in [0.3, 0.4) is 0 Å². The van der Waals surface area contributed by atoms with Crippen LogP contribution in [-0.4, -0.2) is 15.9 Å². The van der Waals surface area contributed by atoms with Crippen LogP contribution < -0.4 is 0 Å². The number of alkyl halides is 2. The van der Waals surface area contributed by atoms with E-state index in [1.807, 2.05) is 13.8 Å². The van der Waals surface area contributed by atoms with Gasteiger partial charge in [0.25, 0.3) is 0 Å². The maximum absolute atomic E-state index is 12.2. The number of halogens is 2. The number of rotatable bonds is 3. The molecule has 0 N–H and O–H groups in total. The van der Waals surface area contributed by atoms with Gasteiger partial charge in [0.1, 0.15) is 0 Å². The summed E-state index contributed by atoms with van der Waals surface area (Å²) in [6.45, 7) is 8.14. The SMILES string of the molecule is Cc1cc(C)c(C)c(C(=O)C(Br)CBr)c1C. The fourth-order valence-electron chi connectivity index (χ4n) is 1.81. The number of Topliss-reactive ketones (excluding diaryl/α,β-unsaturated/α-hetero) is 1. The van der Waals surface area contributed by atoms with Gasteiger partial charge in [-0.15, -0.1) is 0 Å². The Kier molecular flexibility index (Phi) is 4.74. The molecule has 3 heteroatoms. The number of aryl methyl sites for hydroxylation is 2. The topological polar surface area (TPSA) is 17.1 Å². The zero-order valence-electron chi connectivity index (χ0n) is 10.0. The monoisotopic (exact) mass is 346 g/mol. The van der Waals surface area contributed by atoms with Crippen molar-refractivity contribution in [3.8, 4) is 0 Å². The van der Waals surface area contributed by atoms with Crippen molar-refractivity contribution in [3.05, 3.63) is 33.9 Å². The van der Waals surface area contributed by atoms with E-state index in [4.69, 9.17) is 0 Å². The van der Waals surface area contributed by atoms with Gasteiger partial charge in [-0.1, -0.05) is 37.9 Å². The normalized spacial score (nSPS) is 12.6. The van der Waals surface area contributed by atoms with Crippen molar-refractivity contribution in [1.29, 1.82) is 0 Å². The Morgan fingerprint density at radius 2 is 1.62 bits per heavy atom. The van der Waals surface area contributed by atoms with Crippen molar-refractivity contribution in [2.75, 3.05) is 5.33 Å². The van der Waals surface area contributed by atoms with Crippen LogP contribution in [0.1, 0.15) is 32.6 Å². The fourth-order valence-corrected chi connectivity index (χ4v) is 2.34. The van der Waals surface area contributed by atoms with E-state index in [1.165, 1.54) is 11.1 Å². The van der Waals surface area contributed by atoms with E-state index in [2.05, 4.69) is 51.8 Å². The number of carbonyl (C=O) groups is 1. The Morgan fingerprint density at radius 1 is 1.19 bits per heavy atom. The van der Waals surface area contributed by atoms with Crippen LogP contribution in [0, 0.1) is 27.7 Å². The second-order valence-electron chi connectivity index (χ2n) is 4.12. The summed E-state index contributed by atoms with van der Waals surface area (Å²) in [6, 6.07) is 2.14. The number of hydrogen-bond acceptors (Lipinski definition) is 1. The lowest BCUT2D eigenvalue weighted by molar-refractivity contribution is 0.0996. The minimum atomic E-state index is -0.147. The molecule has 1 unspecified atom stereocenters. The predicted molar refractivity (Wildman–Crippen MR) is 76.2 cm³/mol. The van der Waals surface area contributed by atoms with E-state index in [-0.39, 0.29) is 10.6 Å². The van der Waals surface area contributed by atoms with Crippen molar-refractivity contribution in [3.63, 3.8) is 0 Å². The number of ketones is 1. The lowest BCUT2D eigenvalue weighted by Crippen LogP contribution is -2.19. The molecule has 1 aromatic rings. The van der Waals surface area contributed by atoms with Crippen LogP contribution >= 0.6 is 31.9 Å². The molecule has 0 heterocycles. The average Bonchev–Trinajstić information content (AvgIpc) is 2.25. The molecule has 0 aliphatic rings. The molecule has 0 bridgehead atoms. The van der Waals surface area contributed by atoms with E-state index < -0.39 is 0 Å². The molecule has 0 saturated heterocycles. The Bertz CT molecular complexity index is 398. The Balaban J connectivity index is 3.38. The third kappa shape index (κ3) is 2.57. The highest BCUT2D eigenvalue weighted by atomic mass is 79.9. The summed E-state index contributed by atoms with van der Waals surface area (Å²) in [7, 11) is 0. The molecule has 0 fully saturated rings. The van der Waals surface area contributed by atoms with Crippen molar-refractivity contribution >= 4 is 37.6 Å². The first-order valence-electron chi connectivity index (χ1n) is 5.21. The van der Waals surface area contributed by atoms with E-state index in [9.17, 15) is 4.79 Å². The lowest BCUT2D eigenvalue weighted by atomic mass is 9.91. The Morgan fingerprint density at radius 3 is 2.00 bits per heavy atom. The minimum Gasteiger partial charge on any atom is -0.293 e. The molecular weight excluding hydrogens is 332 g/mol. The Labute approximate surface area is 114 Å². The first-order valence-corrected chi connectivity index (χ1v) is 7.25. The molecule has 16 heavy (non-hydrogen) atoms.